The number of carbonyl (C=O) groups excluding carboxylic acids is 1. The van der Waals surface area contributed by atoms with Gasteiger partial charge in [-0.25, -0.2) is 9.78 Å². The van der Waals surface area contributed by atoms with E-state index >= 15 is 0 Å². The molecule has 8 heteroatoms. The normalized spacial score (nSPS) is 12.3. The highest BCUT2D eigenvalue weighted by Gasteiger charge is 2.23. The fourth-order valence-electron chi connectivity index (χ4n) is 2.02. The van der Waals surface area contributed by atoms with Gasteiger partial charge in [-0.05, 0) is 19.9 Å². The molecule has 0 aliphatic carbocycles. The molecule has 21 heavy (non-hydrogen) atoms. The minimum absolute atomic E-state index is 0.0725. The molecule has 0 aliphatic heterocycles. The van der Waals surface area contributed by atoms with Crippen LogP contribution in [-0.2, 0) is 4.79 Å². The lowest BCUT2D eigenvalue weighted by molar-refractivity contribution is -0.139. The summed E-state index contributed by atoms with van der Waals surface area (Å²) in [5.74, 6) is -1.78. The Balaban J connectivity index is 2.39. The number of carboxylic acid groups (broad SMARTS) is 1. The highest BCUT2D eigenvalue weighted by Crippen LogP contribution is 2.21. The smallest absolute Gasteiger partial charge is 0.326 e. The van der Waals surface area contributed by atoms with Crippen LogP contribution in [0.1, 0.15) is 28.2 Å². The minimum atomic E-state index is -1.21. The Morgan fingerprint density at radius 1 is 1.43 bits per heavy atom. The molecule has 1 atom stereocenters. The van der Waals surface area contributed by atoms with E-state index in [1.54, 1.807) is 19.9 Å². The molecule has 0 radical (unpaired) electrons. The highest BCUT2D eigenvalue weighted by molar-refractivity contribution is 6.07. The average molecular weight is 293 g/mol. The Labute approximate surface area is 119 Å². The SMILES string of the molecule is Cc1cc(C(=O)N[C@@H](CCO)C(=O)O)c2c(C)noc2n1. The van der Waals surface area contributed by atoms with Crippen molar-refractivity contribution in [3.05, 3.63) is 23.0 Å². The van der Waals surface area contributed by atoms with E-state index in [0.29, 0.717) is 16.8 Å². The molecule has 0 spiro atoms. The van der Waals surface area contributed by atoms with E-state index in [9.17, 15) is 9.59 Å². The molecule has 2 aromatic heterocycles. The van der Waals surface area contributed by atoms with Crippen molar-refractivity contribution < 1.29 is 24.3 Å². The number of pyridine rings is 1. The van der Waals surface area contributed by atoms with E-state index in [0.717, 1.165) is 0 Å². The molecule has 0 bridgehead atoms. The molecule has 2 heterocycles. The van der Waals surface area contributed by atoms with Gasteiger partial charge in [-0.3, -0.25) is 4.79 Å². The van der Waals surface area contributed by atoms with Crippen LogP contribution in [-0.4, -0.2) is 44.9 Å². The molecule has 8 nitrogen and oxygen atoms in total. The molecule has 0 aliphatic rings. The Morgan fingerprint density at radius 3 is 2.76 bits per heavy atom. The van der Waals surface area contributed by atoms with Gasteiger partial charge in [-0.2, -0.15) is 0 Å². The summed E-state index contributed by atoms with van der Waals surface area (Å²) in [4.78, 5) is 27.5. The summed E-state index contributed by atoms with van der Waals surface area (Å²) in [5.41, 5.74) is 1.53. The Morgan fingerprint density at radius 2 is 2.14 bits per heavy atom. The third kappa shape index (κ3) is 3.00. The van der Waals surface area contributed by atoms with Gasteiger partial charge in [0.2, 0.25) is 0 Å². The first-order chi connectivity index (χ1) is 9.93. The zero-order chi connectivity index (χ0) is 15.6. The van der Waals surface area contributed by atoms with Crippen molar-refractivity contribution in [2.75, 3.05) is 6.61 Å². The van der Waals surface area contributed by atoms with Crippen molar-refractivity contribution in [2.24, 2.45) is 0 Å². The lowest BCUT2D eigenvalue weighted by Crippen LogP contribution is -2.41. The number of carboxylic acids is 1. The number of nitrogens with one attached hydrogen (secondary N) is 1. The first-order valence-corrected chi connectivity index (χ1v) is 6.32. The molecule has 2 rings (SSSR count). The maximum atomic E-state index is 12.3. The Kier molecular flexibility index (Phi) is 4.18. The number of hydrogen-bond donors (Lipinski definition) is 3. The van der Waals surface area contributed by atoms with Gasteiger partial charge in [0.15, 0.2) is 0 Å². The number of hydrogen-bond acceptors (Lipinski definition) is 6. The number of rotatable bonds is 5. The maximum absolute atomic E-state index is 12.3. The number of aliphatic carboxylic acids is 1. The fourth-order valence-corrected chi connectivity index (χ4v) is 2.02. The fraction of sp³-hybridized carbons (Fsp3) is 0.385. The topological polar surface area (TPSA) is 126 Å². The molecule has 0 aromatic carbocycles. The van der Waals surface area contributed by atoms with Crippen LogP contribution in [0.4, 0.5) is 0 Å². The van der Waals surface area contributed by atoms with Gasteiger partial charge < -0.3 is 20.1 Å². The second-order valence-electron chi connectivity index (χ2n) is 4.64. The van der Waals surface area contributed by atoms with E-state index < -0.39 is 17.9 Å². The molecule has 112 valence electrons. The van der Waals surface area contributed by atoms with E-state index in [1.165, 1.54) is 0 Å². The number of carbonyl (C=O) groups is 2. The first-order valence-electron chi connectivity index (χ1n) is 6.32. The van der Waals surface area contributed by atoms with Crippen molar-refractivity contribution in [1.29, 1.82) is 0 Å². The quantitative estimate of drug-likeness (QED) is 0.728. The zero-order valence-electron chi connectivity index (χ0n) is 11.6. The Bertz CT molecular complexity index is 694. The summed E-state index contributed by atoms with van der Waals surface area (Å²) in [7, 11) is 0. The number of aromatic nitrogens is 2. The van der Waals surface area contributed by atoms with Crippen LogP contribution in [0.3, 0.4) is 0 Å². The Hall–Kier alpha value is -2.48. The van der Waals surface area contributed by atoms with Crippen molar-refractivity contribution in [3.63, 3.8) is 0 Å². The summed E-state index contributed by atoms with van der Waals surface area (Å²) in [5, 5.41) is 24.4. The zero-order valence-corrected chi connectivity index (χ0v) is 11.6. The van der Waals surface area contributed by atoms with Crippen molar-refractivity contribution >= 4 is 23.0 Å². The van der Waals surface area contributed by atoms with Gasteiger partial charge in [0.05, 0.1) is 16.6 Å². The van der Waals surface area contributed by atoms with Crippen LogP contribution >= 0.6 is 0 Å². The van der Waals surface area contributed by atoms with Crippen LogP contribution in [0.5, 0.6) is 0 Å². The number of aliphatic hydroxyl groups excluding tert-OH is 1. The number of aliphatic hydroxyl groups is 1. The summed E-state index contributed by atoms with van der Waals surface area (Å²) >= 11 is 0. The van der Waals surface area contributed by atoms with Gasteiger partial charge in [-0.15, -0.1) is 0 Å². The van der Waals surface area contributed by atoms with Crippen LogP contribution in [0.25, 0.3) is 11.1 Å². The van der Waals surface area contributed by atoms with E-state index in [-0.39, 0.29) is 24.3 Å². The molecule has 3 N–H and O–H groups in total. The summed E-state index contributed by atoms with van der Waals surface area (Å²) < 4.78 is 5.02. The molecule has 0 unspecified atom stereocenters. The van der Waals surface area contributed by atoms with E-state index in [4.69, 9.17) is 14.7 Å². The lowest BCUT2D eigenvalue weighted by atomic mass is 10.1. The lowest BCUT2D eigenvalue weighted by Gasteiger charge is -2.13. The van der Waals surface area contributed by atoms with Crippen molar-refractivity contribution in [3.8, 4) is 0 Å². The van der Waals surface area contributed by atoms with E-state index in [1.807, 2.05) is 0 Å². The molecular weight excluding hydrogens is 278 g/mol. The molecule has 2 aromatic rings. The molecule has 1 amide bonds. The largest absolute Gasteiger partial charge is 0.480 e. The van der Waals surface area contributed by atoms with Gasteiger partial charge >= 0.3 is 5.97 Å². The first kappa shape index (κ1) is 14.9. The third-order valence-corrected chi connectivity index (χ3v) is 3.01. The predicted molar refractivity (Wildman–Crippen MR) is 71.9 cm³/mol. The van der Waals surface area contributed by atoms with Crippen LogP contribution in [0.15, 0.2) is 10.6 Å². The number of nitrogens with zero attached hydrogens (tertiary/aromatic N) is 2. The number of aryl methyl sites for hydroxylation is 2. The highest BCUT2D eigenvalue weighted by atomic mass is 16.5. The van der Waals surface area contributed by atoms with Gasteiger partial charge in [-0.1, -0.05) is 5.16 Å². The van der Waals surface area contributed by atoms with E-state index in [2.05, 4.69) is 15.5 Å². The van der Waals surface area contributed by atoms with Crippen LogP contribution in [0.2, 0.25) is 0 Å². The van der Waals surface area contributed by atoms with Crippen LogP contribution in [0, 0.1) is 13.8 Å². The van der Waals surface area contributed by atoms with Crippen molar-refractivity contribution in [1.82, 2.24) is 15.5 Å². The molecule has 0 fully saturated rings. The monoisotopic (exact) mass is 293 g/mol. The second-order valence-corrected chi connectivity index (χ2v) is 4.64. The number of fused-ring (bicyclic) bond motifs is 1. The standard InChI is InChI=1S/C13H15N3O5/c1-6-5-8(10-7(2)16-21-12(10)14-6)11(18)15-9(3-4-17)13(19)20/h5,9,17H,3-4H2,1-2H3,(H,15,18)(H,19,20)/t9-/m0/s1. The van der Waals surface area contributed by atoms with Gasteiger partial charge in [0.25, 0.3) is 11.6 Å². The predicted octanol–water partition coefficient (Wildman–Crippen LogP) is 0.405. The van der Waals surface area contributed by atoms with Crippen LogP contribution < -0.4 is 5.32 Å². The summed E-state index contributed by atoms with van der Waals surface area (Å²) in [6, 6.07) is 0.380. The minimum Gasteiger partial charge on any atom is -0.480 e. The molecular formula is C13H15N3O5. The summed E-state index contributed by atoms with van der Waals surface area (Å²) in [6.07, 6.45) is -0.0725. The maximum Gasteiger partial charge on any atom is 0.326 e. The summed E-state index contributed by atoms with van der Waals surface area (Å²) in [6.45, 7) is 3.02. The van der Waals surface area contributed by atoms with Gasteiger partial charge in [0.1, 0.15) is 6.04 Å². The molecule has 0 saturated carbocycles. The average Bonchev–Trinajstić information content (AvgIpc) is 2.78. The third-order valence-electron chi connectivity index (χ3n) is 3.01. The van der Waals surface area contributed by atoms with Crippen molar-refractivity contribution in [2.45, 2.75) is 26.3 Å². The van der Waals surface area contributed by atoms with Gasteiger partial charge in [0, 0.05) is 18.7 Å². The molecule has 0 saturated heterocycles. The second kappa shape index (κ2) is 5.88. The number of amides is 1.